The Kier molecular flexibility index (Phi) is 3.80. The van der Waals surface area contributed by atoms with Crippen molar-refractivity contribution >= 4 is 27.7 Å². The lowest BCUT2D eigenvalue weighted by Gasteiger charge is -2.02. The molecule has 0 aliphatic carbocycles. The minimum absolute atomic E-state index is 0.0519. The fraction of sp³-hybridized carbons (Fsp3) is 0.0769. The summed E-state index contributed by atoms with van der Waals surface area (Å²) in [6.45, 7) is 0. The molecule has 1 heterocycles. The third kappa shape index (κ3) is 2.58. The number of esters is 1. The van der Waals surface area contributed by atoms with Crippen LogP contribution in [0.5, 0.6) is 0 Å². The van der Waals surface area contributed by atoms with E-state index in [0.717, 1.165) is 0 Å². The quantitative estimate of drug-likeness (QED) is 0.642. The minimum Gasteiger partial charge on any atom is -0.463 e. The molecule has 98 valence electrons. The molecule has 0 atom stereocenters. The van der Waals surface area contributed by atoms with Crippen molar-refractivity contribution in [1.82, 2.24) is 0 Å². The first-order valence-corrected chi connectivity index (χ1v) is 6.00. The lowest BCUT2D eigenvalue weighted by atomic mass is 10.1. The summed E-state index contributed by atoms with van der Waals surface area (Å²) < 4.78 is 22.9. The molecular formula is C13H8BrFO4. The fourth-order valence-corrected chi connectivity index (χ4v) is 1.93. The molecule has 0 radical (unpaired) electrons. The first kappa shape index (κ1) is 13.5. The standard InChI is InChI=1S/C13H8BrFO4/c1-18-13(17)10-6-5-9(19-10)12(16)7-3-2-4-8(15)11(7)14/h2-6H,1H3. The van der Waals surface area contributed by atoms with Crippen LogP contribution in [0.4, 0.5) is 4.39 Å². The van der Waals surface area contributed by atoms with Crippen LogP contribution in [0.3, 0.4) is 0 Å². The smallest absolute Gasteiger partial charge is 0.373 e. The van der Waals surface area contributed by atoms with Crippen LogP contribution in [-0.2, 0) is 4.74 Å². The molecule has 0 N–H and O–H groups in total. The Balaban J connectivity index is 2.37. The Morgan fingerprint density at radius 1 is 1.21 bits per heavy atom. The van der Waals surface area contributed by atoms with Crippen LogP contribution in [0.1, 0.15) is 26.7 Å². The summed E-state index contributed by atoms with van der Waals surface area (Å²) in [5.41, 5.74) is 0.116. The number of ether oxygens (including phenoxy) is 1. The second-order valence-electron chi connectivity index (χ2n) is 3.59. The maximum Gasteiger partial charge on any atom is 0.373 e. The molecule has 0 aliphatic heterocycles. The van der Waals surface area contributed by atoms with Crippen LogP contribution in [0.15, 0.2) is 39.2 Å². The second kappa shape index (κ2) is 5.36. The van der Waals surface area contributed by atoms with E-state index < -0.39 is 17.6 Å². The van der Waals surface area contributed by atoms with Gasteiger partial charge >= 0.3 is 5.97 Å². The summed E-state index contributed by atoms with van der Waals surface area (Å²) in [4.78, 5) is 23.3. The van der Waals surface area contributed by atoms with E-state index in [1.54, 1.807) is 0 Å². The molecule has 1 aromatic carbocycles. The third-order valence-electron chi connectivity index (χ3n) is 2.41. The average molecular weight is 327 g/mol. The fourth-order valence-electron chi connectivity index (χ4n) is 1.48. The molecule has 6 heteroatoms. The summed E-state index contributed by atoms with van der Waals surface area (Å²) in [5.74, 6) is -1.91. The van der Waals surface area contributed by atoms with Gasteiger partial charge in [0.1, 0.15) is 5.82 Å². The van der Waals surface area contributed by atoms with Gasteiger partial charge in [0.15, 0.2) is 5.76 Å². The summed E-state index contributed by atoms with van der Waals surface area (Å²) in [5, 5.41) is 0. The van der Waals surface area contributed by atoms with Gasteiger partial charge in [-0.1, -0.05) is 6.07 Å². The predicted octanol–water partition coefficient (Wildman–Crippen LogP) is 3.20. The van der Waals surface area contributed by atoms with E-state index in [2.05, 4.69) is 20.7 Å². The average Bonchev–Trinajstić information content (AvgIpc) is 2.90. The van der Waals surface area contributed by atoms with Gasteiger partial charge in [-0.3, -0.25) is 4.79 Å². The molecule has 0 saturated carbocycles. The predicted molar refractivity (Wildman–Crippen MR) is 67.6 cm³/mol. The van der Waals surface area contributed by atoms with Crippen molar-refractivity contribution in [3.05, 3.63) is 57.7 Å². The molecular weight excluding hydrogens is 319 g/mol. The number of hydrogen-bond donors (Lipinski definition) is 0. The van der Waals surface area contributed by atoms with Crippen molar-refractivity contribution in [1.29, 1.82) is 0 Å². The number of carbonyl (C=O) groups is 2. The van der Waals surface area contributed by atoms with Crippen molar-refractivity contribution in [2.45, 2.75) is 0 Å². The Morgan fingerprint density at radius 2 is 1.89 bits per heavy atom. The van der Waals surface area contributed by atoms with Gasteiger partial charge in [-0.05, 0) is 40.2 Å². The van der Waals surface area contributed by atoms with Crippen LogP contribution >= 0.6 is 15.9 Å². The van der Waals surface area contributed by atoms with Crippen molar-refractivity contribution in [3.8, 4) is 0 Å². The highest BCUT2D eigenvalue weighted by Crippen LogP contribution is 2.24. The lowest BCUT2D eigenvalue weighted by Crippen LogP contribution is -2.03. The van der Waals surface area contributed by atoms with Crippen LogP contribution in [0, 0.1) is 5.82 Å². The highest BCUT2D eigenvalue weighted by Gasteiger charge is 2.20. The highest BCUT2D eigenvalue weighted by molar-refractivity contribution is 9.10. The molecule has 2 aromatic rings. The molecule has 0 bridgehead atoms. The van der Waals surface area contributed by atoms with Gasteiger partial charge in [-0.2, -0.15) is 0 Å². The number of furan rings is 1. The normalized spacial score (nSPS) is 10.3. The maximum atomic E-state index is 13.3. The number of halogens is 2. The zero-order valence-electron chi connectivity index (χ0n) is 9.78. The number of hydrogen-bond acceptors (Lipinski definition) is 4. The monoisotopic (exact) mass is 326 g/mol. The van der Waals surface area contributed by atoms with Crippen LogP contribution in [-0.4, -0.2) is 18.9 Å². The number of methoxy groups -OCH3 is 1. The van der Waals surface area contributed by atoms with E-state index >= 15 is 0 Å². The van der Waals surface area contributed by atoms with E-state index in [0.29, 0.717) is 0 Å². The SMILES string of the molecule is COC(=O)c1ccc(C(=O)c2cccc(F)c2Br)o1. The second-order valence-corrected chi connectivity index (χ2v) is 4.38. The van der Waals surface area contributed by atoms with E-state index in [9.17, 15) is 14.0 Å². The van der Waals surface area contributed by atoms with Crippen LogP contribution in [0.25, 0.3) is 0 Å². The van der Waals surface area contributed by atoms with Crippen molar-refractivity contribution in [2.24, 2.45) is 0 Å². The number of ketones is 1. The van der Waals surface area contributed by atoms with Gasteiger partial charge in [-0.25, -0.2) is 9.18 Å². The molecule has 4 nitrogen and oxygen atoms in total. The largest absolute Gasteiger partial charge is 0.463 e. The third-order valence-corrected chi connectivity index (χ3v) is 3.22. The van der Waals surface area contributed by atoms with E-state index in [1.807, 2.05) is 0 Å². The topological polar surface area (TPSA) is 56.5 Å². The summed E-state index contributed by atoms with van der Waals surface area (Å²) in [7, 11) is 1.20. The zero-order chi connectivity index (χ0) is 14.0. The highest BCUT2D eigenvalue weighted by atomic mass is 79.9. The lowest BCUT2D eigenvalue weighted by molar-refractivity contribution is 0.0563. The molecule has 1 aromatic heterocycles. The summed E-state index contributed by atoms with van der Waals surface area (Å²) >= 11 is 3.00. The van der Waals surface area contributed by atoms with Gasteiger partial charge in [-0.15, -0.1) is 0 Å². The minimum atomic E-state index is -0.683. The maximum absolute atomic E-state index is 13.3. The summed E-state index contributed by atoms with van der Waals surface area (Å²) in [6.07, 6.45) is 0. The van der Waals surface area contributed by atoms with Crippen molar-refractivity contribution < 1.29 is 23.1 Å². The number of benzene rings is 1. The molecule has 0 spiro atoms. The van der Waals surface area contributed by atoms with E-state index in [4.69, 9.17) is 4.42 Å². The first-order valence-electron chi connectivity index (χ1n) is 5.21. The zero-order valence-corrected chi connectivity index (χ0v) is 11.4. The molecule has 0 amide bonds. The Hall–Kier alpha value is -1.95. The van der Waals surface area contributed by atoms with Gasteiger partial charge in [0.05, 0.1) is 11.6 Å². The van der Waals surface area contributed by atoms with Crippen molar-refractivity contribution in [3.63, 3.8) is 0 Å². The molecule has 0 saturated heterocycles. The van der Waals surface area contributed by atoms with Crippen LogP contribution in [0.2, 0.25) is 0 Å². The molecule has 2 rings (SSSR count). The van der Waals surface area contributed by atoms with Gasteiger partial charge in [0.25, 0.3) is 0 Å². The van der Waals surface area contributed by atoms with Crippen molar-refractivity contribution in [2.75, 3.05) is 7.11 Å². The van der Waals surface area contributed by atoms with E-state index in [1.165, 1.54) is 37.4 Å². The number of carbonyl (C=O) groups excluding carboxylic acids is 2. The van der Waals surface area contributed by atoms with Crippen LogP contribution < -0.4 is 0 Å². The Bertz CT molecular complexity index is 648. The molecule has 0 fully saturated rings. The molecule has 0 aliphatic rings. The first-order chi connectivity index (χ1) is 9.04. The molecule has 19 heavy (non-hydrogen) atoms. The molecule has 0 unspecified atom stereocenters. The number of rotatable bonds is 3. The Morgan fingerprint density at radius 3 is 2.58 bits per heavy atom. The van der Waals surface area contributed by atoms with Gasteiger partial charge < -0.3 is 9.15 Å². The van der Waals surface area contributed by atoms with E-state index in [-0.39, 0.29) is 21.6 Å². The summed E-state index contributed by atoms with van der Waals surface area (Å²) in [6, 6.07) is 6.76. The van der Waals surface area contributed by atoms with Gasteiger partial charge in [0.2, 0.25) is 11.5 Å². The van der Waals surface area contributed by atoms with Gasteiger partial charge in [0, 0.05) is 5.56 Å². The Labute approximate surface area is 116 Å².